The van der Waals surface area contributed by atoms with Crippen LogP contribution >= 0.6 is 35.0 Å². The summed E-state index contributed by atoms with van der Waals surface area (Å²) >= 11 is 13.4. The molecule has 0 bridgehead atoms. The van der Waals surface area contributed by atoms with Crippen LogP contribution in [0.1, 0.15) is 0 Å². The minimum Gasteiger partial charge on any atom is -0.491 e. The SMILES string of the molecule is CN=C(NC)SCCOc1ccc(Cl)cc1Cl. The molecule has 0 fully saturated rings. The molecule has 3 nitrogen and oxygen atoms in total. The number of hydrogen-bond acceptors (Lipinski definition) is 3. The molecule has 0 aliphatic rings. The molecule has 94 valence electrons. The maximum Gasteiger partial charge on any atom is 0.156 e. The fraction of sp³-hybridized carbons (Fsp3) is 0.364. The molecule has 0 unspecified atom stereocenters. The van der Waals surface area contributed by atoms with Gasteiger partial charge in [-0.15, -0.1) is 0 Å². The first-order valence-electron chi connectivity index (χ1n) is 5.02. The first-order chi connectivity index (χ1) is 8.17. The Balaban J connectivity index is 2.36. The Bertz CT molecular complexity index is 399. The van der Waals surface area contributed by atoms with Gasteiger partial charge in [-0.05, 0) is 18.2 Å². The van der Waals surface area contributed by atoms with Crippen molar-refractivity contribution in [3.8, 4) is 5.75 Å². The highest BCUT2D eigenvalue weighted by Gasteiger charge is 2.02. The van der Waals surface area contributed by atoms with Crippen LogP contribution in [0.25, 0.3) is 0 Å². The van der Waals surface area contributed by atoms with Crippen LogP contribution in [-0.4, -0.2) is 31.6 Å². The van der Waals surface area contributed by atoms with E-state index in [9.17, 15) is 0 Å². The molecule has 1 rings (SSSR count). The summed E-state index contributed by atoms with van der Waals surface area (Å²) < 4.78 is 5.54. The molecule has 0 spiro atoms. The van der Waals surface area contributed by atoms with Gasteiger partial charge in [0, 0.05) is 24.9 Å². The van der Waals surface area contributed by atoms with Gasteiger partial charge in [0.15, 0.2) is 5.17 Å². The zero-order valence-corrected chi connectivity index (χ0v) is 12.0. The number of rotatable bonds is 4. The van der Waals surface area contributed by atoms with Gasteiger partial charge >= 0.3 is 0 Å². The minimum atomic E-state index is 0.528. The minimum absolute atomic E-state index is 0.528. The zero-order chi connectivity index (χ0) is 12.7. The van der Waals surface area contributed by atoms with Gasteiger partial charge in [-0.1, -0.05) is 35.0 Å². The van der Waals surface area contributed by atoms with Crippen molar-refractivity contribution in [1.29, 1.82) is 0 Å². The van der Waals surface area contributed by atoms with E-state index in [0.717, 1.165) is 10.9 Å². The maximum absolute atomic E-state index is 5.97. The molecule has 0 atom stereocenters. The lowest BCUT2D eigenvalue weighted by molar-refractivity contribution is 0.344. The van der Waals surface area contributed by atoms with Crippen molar-refractivity contribution in [3.63, 3.8) is 0 Å². The van der Waals surface area contributed by atoms with E-state index in [4.69, 9.17) is 27.9 Å². The number of aliphatic imine (C=N–C) groups is 1. The molecule has 0 amide bonds. The van der Waals surface area contributed by atoms with E-state index < -0.39 is 0 Å². The van der Waals surface area contributed by atoms with Crippen LogP contribution in [0, 0.1) is 0 Å². The first-order valence-corrected chi connectivity index (χ1v) is 6.76. The molecule has 1 aromatic carbocycles. The third-order valence-electron chi connectivity index (χ3n) is 1.89. The first kappa shape index (κ1) is 14.5. The van der Waals surface area contributed by atoms with Crippen molar-refractivity contribution in [2.24, 2.45) is 4.99 Å². The zero-order valence-electron chi connectivity index (χ0n) is 9.67. The summed E-state index contributed by atoms with van der Waals surface area (Å²) in [5.74, 6) is 1.45. The number of benzene rings is 1. The number of hydrogen-bond donors (Lipinski definition) is 1. The van der Waals surface area contributed by atoms with Gasteiger partial charge in [-0.25, -0.2) is 0 Å². The summed E-state index contributed by atoms with van der Waals surface area (Å²) in [7, 11) is 3.59. The Kier molecular flexibility index (Phi) is 6.55. The number of thioether (sulfide) groups is 1. The summed E-state index contributed by atoms with van der Waals surface area (Å²) in [6.07, 6.45) is 0. The second-order valence-corrected chi connectivity index (χ2v) is 4.98. The molecule has 0 aliphatic carbocycles. The fourth-order valence-electron chi connectivity index (χ4n) is 1.13. The van der Waals surface area contributed by atoms with Crippen LogP contribution in [-0.2, 0) is 0 Å². The predicted octanol–water partition coefficient (Wildman–Crippen LogP) is 3.31. The predicted molar refractivity (Wildman–Crippen MR) is 76.8 cm³/mol. The van der Waals surface area contributed by atoms with E-state index in [0.29, 0.717) is 22.4 Å². The van der Waals surface area contributed by atoms with Crippen molar-refractivity contribution >= 4 is 40.1 Å². The standard InChI is InChI=1S/C11H14Cl2N2OS/c1-14-11(15-2)17-6-5-16-10-4-3-8(12)7-9(10)13/h3-4,7H,5-6H2,1-2H3,(H,14,15). The van der Waals surface area contributed by atoms with Crippen molar-refractivity contribution in [2.75, 3.05) is 26.5 Å². The lowest BCUT2D eigenvalue weighted by Crippen LogP contribution is -2.16. The quantitative estimate of drug-likeness (QED) is 0.525. The molecule has 6 heteroatoms. The average Bonchev–Trinajstić information content (AvgIpc) is 2.32. The van der Waals surface area contributed by atoms with E-state index in [1.165, 1.54) is 0 Å². The largest absolute Gasteiger partial charge is 0.491 e. The van der Waals surface area contributed by atoms with Crippen LogP contribution in [0.4, 0.5) is 0 Å². The Morgan fingerprint density at radius 2 is 2.24 bits per heavy atom. The summed E-state index contributed by atoms with van der Waals surface area (Å²) in [6, 6.07) is 5.18. The lowest BCUT2D eigenvalue weighted by Gasteiger charge is -2.08. The van der Waals surface area contributed by atoms with Gasteiger partial charge in [0.05, 0.1) is 11.6 Å². The molecule has 0 heterocycles. The second kappa shape index (κ2) is 7.69. The molecular weight excluding hydrogens is 279 g/mol. The molecule has 1 aromatic rings. The third-order valence-corrected chi connectivity index (χ3v) is 3.45. The number of ether oxygens (including phenoxy) is 1. The number of nitrogens with zero attached hydrogens (tertiary/aromatic N) is 1. The van der Waals surface area contributed by atoms with Crippen molar-refractivity contribution in [2.45, 2.75) is 0 Å². The van der Waals surface area contributed by atoms with Crippen LogP contribution in [0.2, 0.25) is 10.0 Å². The molecule has 17 heavy (non-hydrogen) atoms. The number of nitrogens with one attached hydrogen (secondary N) is 1. The van der Waals surface area contributed by atoms with E-state index in [2.05, 4.69) is 10.3 Å². The summed E-state index contributed by atoms with van der Waals surface area (Å²) in [5, 5.41) is 5.00. The fourth-order valence-corrected chi connectivity index (χ4v) is 2.23. The van der Waals surface area contributed by atoms with Gasteiger partial charge in [-0.2, -0.15) is 0 Å². The Morgan fingerprint density at radius 1 is 1.47 bits per heavy atom. The van der Waals surface area contributed by atoms with Crippen LogP contribution in [0.5, 0.6) is 5.75 Å². The van der Waals surface area contributed by atoms with Crippen molar-refractivity contribution < 1.29 is 4.74 Å². The van der Waals surface area contributed by atoms with E-state index >= 15 is 0 Å². The molecular formula is C11H14Cl2N2OS. The monoisotopic (exact) mass is 292 g/mol. The van der Waals surface area contributed by atoms with E-state index in [1.807, 2.05) is 7.05 Å². The van der Waals surface area contributed by atoms with Crippen LogP contribution < -0.4 is 10.1 Å². The summed E-state index contributed by atoms with van der Waals surface area (Å²) in [6.45, 7) is 0.562. The summed E-state index contributed by atoms with van der Waals surface area (Å²) in [4.78, 5) is 4.05. The average molecular weight is 293 g/mol. The molecule has 0 radical (unpaired) electrons. The van der Waals surface area contributed by atoms with Gasteiger partial charge in [0.2, 0.25) is 0 Å². The maximum atomic E-state index is 5.97. The molecule has 0 aliphatic heterocycles. The second-order valence-electron chi connectivity index (χ2n) is 3.05. The van der Waals surface area contributed by atoms with E-state index in [-0.39, 0.29) is 0 Å². The molecule has 0 saturated carbocycles. The smallest absolute Gasteiger partial charge is 0.156 e. The highest BCUT2D eigenvalue weighted by molar-refractivity contribution is 8.13. The van der Waals surface area contributed by atoms with Crippen molar-refractivity contribution in [1.82, 2.24) is 5.32 Å². The highest BCUT2D eigenvalue weighted by Crippen LogP contribution is 2.27. The van der Waals surface area contributed by atoms with Gasteiger partial charge in [0.1, 0.15) is 5.75 Å². The highest BCUT2D eigenvalue weighted by atomic mass is 35.5. The molecule has 0 saturated heterocycles. The van der Waals surface area contributed by atoms with Crippen LogP contribution in [0.3, 0.4) is 0 Å². The Hall–Kier alpha value is -0.580. The summed E-state index contributed by atoms with van der Waals surface area (Å²) in [5.41, 5.74) is 0. The Morgan fingerprint density at radius 3 is 2.82 bits per heavy atom. The third kappa shape index (κ3) is 5.06. The normalized spacial score (nSPS) is 11.4. The van der Waals surface area contributed by atoms with Gasteiger partial charge in [0.25, 0.3) is 0 Å². The van der Waals surface area contributed by atoms with Crippen LogP contribution in [0.15, 0.2) is 23.2 Å². The van der Waals surface area contributed by atoms with Crippen molar-refractivity contribution in [3.05, 3.63) is 28.2 Å². The molecule has 0 aromatic heterocycles. The Labute approximate surface area is 116 Å². The molecule has 1 N–H and O–H groups in total. The van der Waals surface area contributed by atoms with E-state index in [1.54, 1.807) is 37.0 Å². The van der Waals surface area contributed by atoms with Gasteiger partial charge < -0.3 is 10.1 Å². The van der Waals surface area contributed by atoms with Gasteiger partial charge in [-0.3, -0.25) is 4.99 Å². The topological polar surface area (TPSA) is 33.6 Å². The number of halogens is 2. The number of amidine groups is 1. The lowest BCUT2D eigenvalue weighted by atomic mass is 10.3.